The SMILES string of the molecule is CC(Cc1cccc(F)c1)C(=O)NC1CCCNC1. The van der Waals surface area contributed by atoms with Crippen LogP contribution in [0.5, 0.6) is 0 Å². The predicted octanol–water partition coefficient (Wildman–Crippen LogP) is 1.87. The van der Waals surface area contributed by atoms with E-state index < -0.39 is 0 Å². The van der Waals surface area contributed by atoms with E-state index in [-0.39, 0.29) is 23.7 Å². The van der Waals surface area contributed by atoms with Crippen molar-refractivity contribution < 1.29 is 9.18 Å². The minimum atomic E-state index is -0.249. The molecule has 1 aromatic rings. The summed E-state index contributed by atoms with van der Waals surface area (Å²) in [7, 11) is 0. The Kier molecular flexibility index (Phi) is 4.91. The molecule has 2 rings (SSSR count). The van der Waals surface area contributed by atoms with E-state index in [4.69, 9.17) is 0 Å². The summed E-state index contributed by atoms with van der Waals surface area (Å²) in [6.07, 6.45) is 2.71. The van der Waals surface area contributed by atoms with Crippen LogP contribution in [0, 0.1) is 11.7 Å². The standard InChI is InChI=1S/C15H21FN2O/c1-11(8-12-4-2-5-13(16)9-12)15(19)18-14-6-3-7-17-10-14/h2,4-5,9,11,14,17H,3,6-8,10H2,1H3,(H,18,19). The highest BCUT2D eigenvalue weighted by Gasteiger charge is 2.19. The third-order valence-corrected chi connectivity index (χ3v) is 3.52. The second kappa shape index (κ2) is 6.66. The quantitative estimate of drug-likeness (QED) is 0.871. The fourth-order valence-corrected chi connectivity index (χ4v) is 2.43. The number of rotatable bonds is 4. The molecule has 0 saturated carbocycles. The van der Waals surface area contributed by atoms with Gasteiger partial charge < -0.3 is 10.6 Å². The summed E-state index contributed by atoms with van der Waals surface area (Å²) in [5.74, 6) is -0.330. The molecule has 2 atom stereocenters. The van der Waals surface area contributed by atoms with Crippen molar-refractivity contribution in [3.8, 4) is 0 Å². The molecule has 1 heterocycles. The van der Waals surface area contributed by atoms with E-state index in [1.54, 1.807) is 6.07 Å². The molecule has 1 aromatic carbocycles. The van der Waals surface area contributed by atoms with Crippen molar-refractivity contribution in [2.24, 2.45) is 5.92 Å². The lowest BCUT2D eigenvalue weighted by atomic mass is 9.99. The van der Waals surface area contributed by atoms with Crippen LogP contribution in [0.4, 0.5) is 4.39 Å². The lowest BCUT2D eigenvalue weighted by molar-refractivity contribution is -0.125. The van der Waals surface area contributed by atoms with Gasteiger partial charge in [-0.1, -0.05) is 19.1 Å². The molecule has 0 spiro atoms. The van der Waals surface area contributed by atoms with Gasteiger partial charge in [0.2, 0.25) is 5.91 Å². The molecule has 104 valence electrons. The van der Waals surface area contributed by atoms with Gasteiger partial charge in [-0.05, 0) is 43.5 Å². The molecule has 0 aromatic heterocycles. The maximum absolute atomic E-state index is 13.1. The third kappa shape index (κ3) is 4.31. The summed E-state index contributed by atoms with van der Waals surface area (Å²) in [6.45, 7) is 3.76. The van der Waals surface area contributed by atoms with Gasteiger partial charge in [0, 0.05) is 18.5 Å². The molecule has 2 unspecified atom stereocenters. The van der Waals surface area contributed by atoms with E-state index in [1.165, 1.54) is 12.1 Å². The van der Waals surface area contributed by atoms with Crippen molar-refractivity contribution >= 4 is 5.91 Å². The summed E-state index contributed by atoms with van der Waals surface area (Å²) >= 11 is 0. The van der Waals surface area contributed by atoms with Crippen molar-refractivity contribution in [3.63, 3.8) is 0 Å². The van der Waals surface area contributed by atoms with Gasteiger partial charge in [0.25, 0.3) is 0 Å². The third-order valence-electron chi connectivity index (χ3n) is 3.52. The second-order valence-corrected chi connectivity index (χ2v) is 5.29. The van der Waals surface area contributed by atoms with Crippen LogP contribution >= 0.6 is 0 Å². The van der Waals surface area contributed by atoms with Crippen molar-refractivity contribution in [2.75, 3.05) is 13.1 Å². The molecule has 1 amide bonds. The predicted molar refractivity (Wildman–Crippen MR) is 73.3 cm³/mol. The molecule has 4 heteroatoms. The smallest absolute Gasteiger partial charge is 0.223 e. The highest BCUT2D eigenvalue weighted by Crippen LogP contribution is 2.11. The molecule has 0 aliphatic carbocycles. The Balaban J connectivity index is 1.84. The van der Waals surface area contributed by atoms with Gasteiger partial charge in [0.05, 0.1) is 0 Å². The molecule has 1 fully saturated rings. The monoisotopic (exact) mass is 264 g/mol. The van der Waals surface area contributed by atoms with E-state index in [9.17, 15) is 9.18 Å². The first-order valence-corrected chi connectivity index (χ1v) is 6.90. The van der Waals surface area contributed by atoms with Gasteiger partial charge >= 0.3 is 0 Å². The van der Waals surface area contributed by atoms with Crippen LogP contribution in [0.2, 0.25) is 0 Å². The number of hydrogen-bond acceptors (Lipinski definition) is 2. The molecule has 3 nitrogen and oxygen atoms in total. The molecule has 2 N–H and O–H groups in total. The zero-order valence-electron chi connectivity index (χ0n) is 11.3. The zero-order chi connectivity index (χ0) is 13.7. The van der Waals surface area contributed by atoms with E-state index in [0.717, 1.165) is 31.5 Å². The Labute approximate surface area is 113 Å². The first kappa shape index (κ1) is 14.0. The number of carbonyl (C=O) groups excluding carboxylic acids is 1. The second-order valence-electron chi connectivity index (χ2n) is 5.29. The van der Waals surface area contributed by atoms with Crippen LogP contribution in [-0.2, 0) is 11.2 Å². The van der Waals surface area contributed by atoms with Gasteiger partial charge in [-0.3, -0.25) is 4.79 Å². The summed E-state index contributed by atoms with van der Waals surface area (Å²) < 4.78 is 13.1. The highest BCUT2D eigenvalue weighted by atomic mass is 19.1. The number of carbonyl (C=O) groups is 1. The average molecular weight is 264 g/mol. The minimum Gasteiger partial charge on any atom is -0.352 e. The van der Waals surface area contributed by atoms with E-state index in [2.05, 4.69) is 10.6 Å². The van der Waals surface area contributed by atoms with Gasteiger partial charge in [-0.2, -0.15) is 0 Å². The number of hydrogen-bond donors (Lipinski definition) is 2. The van der Waals surface area contributed by atoms with Crippen LogP contribution in [0.3, 0.4) is 0 Å². The lowest BCUT2D eigenvalue weighted by Gasteiger charge is -2.25. The number of piperidine rings is 1. The van der Waals surface area contributed by atoms with E-state index >= 15 is 0 Å². The molecule has 19 heavy (non-hydrogen) atoms. The first-order chi connectivity index (χ1) is 9.15. The van der Waals surface area contributed by atoms with Crippen molar-refractivity contribution in [1.82, 2.24) is 10.6 Å². The molecule has 0 bridgehead atoms. The molecular formula is C15H21FN2O. The average Bonchev–Trinajstić information content (AvgIpc) is 2.40. The Hall–Kier alpha value is -1.42. The van der Waals surface area contributed by atoms with E-state index in [0.29, 0.717) is 6.42 Å². The van der Waals surface area contributed by atoms with Crippen LogP contribution in [0.25, 0.3) is 0 Å². The first-order valence-electron chi connectivity index (χ1n) is 6.90. The van der Waals surface area contributed by atoms with Gasteiger partial charge in [-0.15, -0.1) is 0 Å². The normalized spacial score (nSPS) is 20.8. The maximum atomic E-state index is 13.1. The zero-order valence-corrected chi connectivity index (χ0v) is 11.3. The fraction of sp³-hybridized carbons (Fsp3) is 0.533. The maximum Gasteiger partial charge on any atom is 0.223 e. The number of halogens is 1. The number of benzene rings is 1. The number of amides is 1. The summed E-state index contributed by atoms with van der Waals surface area (Å²) in [5.41, 5.74) is 0.865. The number of nitrogens with one attached hydrogen (secondary N) is 2. The summed E-state index contributed by atoms with van der Waals surface area (Å²) in [6, 6.07) is 6.68. The van der Waals surface area contributed by atoms with E-state index in [1.807, 2.05) is 13.0 Å². The fourth-order valence-electron chi connectivity index (χ4n) is 2.43. The molecule has 1 aliphatic rings. The van der Waals surface area contributed by atoms with Crippen LogP contribution in [0.1, 0.15) is 25.3 Å². The Morgan fingerprint density at radius 3 is 3.11 bits per heavy atom. The highest BCUT2D eigenvalue weighted by molar-refractivity contribution is 5.78. The molecule has 1 aliphatic heterocycles. The van der Waals surface area contributed by atoms with Crippen LogP contribution in [0.15, 0.2) is 24.3 Å². The lowest BCUT2D eigenvalue weighted by Crippen LogP contribution is -2.47. The largest absolute Gasteiger partial charge is 0.352 e. The summed E-state index contributed by atoms with van der Waals surface area (Å²) in [4.78, 5) is 12.1. The summed E-state index contributed by atoms with van der Waals surface area (Å²) in [5, 5.41) is 6.33. The topological polar surface area (TPSA) is 41.1 Å². The molecule has 1 saturated heterocycles. The van der Waals surface area contributed by atoms with Gasteiger partial charge in [-0.25, -0.2) is 4.39 Å². The van der Waals surface area contributed by atoms with Crippen molar-refractivity contribution in [1.29, 1.82) is 0 Å². The molecular weight excluding hydrogens is 243 g/mol. The molecule has 0 radical (unpaired) electrons. The van der Waals surface area contributed by atoms with Crippen LogP contribution in [-0.4, -0.2) is 25.0 Å². The van der Waals surface area contributed by atoms with Crippen LogP contribution < -0.4 is 10.6 Å². The van der Waals surface area contributed by atoms with Crippen molar-refractivity contribution in [2.45, 2.75) is 32.2 Å². The van der Waals surface area contributed by atoms with Crippen molar-refractivity contribution in [3.05, 3.63) is 35.6 Å². The Bertz CT molecular complexity index is 430. The Morgan fingerprint density at radius 2 is 2.42 bits per heavy atom. The van der Waals surface area contributed by atoms with Gasteiger partial charge in [0.1, 0.15) is 5.82 Å². The Morgan fingerprint density at radius 1 is 1.58 bits per heavy atom. The minimum absolute atomic E-state index is 0.0537. The van der Waals surface area contributed by atoms with Gasteiger partial charge in [0.15, 0.2) is 0 Å².